The van der Waals surface area contributed by atoms with Gasteiger partial charge < -0.3 is 19.7 Å². The first-order chi connectivity index (χ1) is 19.4. The van der Waals surface area contributed by atoms with Crippen LogP contribution in [-0.4, -0.2) is 22.7 Å². The van der Waals surface area contributed by atoms with Gasteiger partial charge in [-0.2, -0.15) is 0 Å². The van der Waals surface area contributed by atoms with Gasteiger partial charge >= 0.3 is 12.1 Å². The van der Waals surface area contributed by atoms with Crippen LogP contribution in [0.25, 0.3) is 11.1 Å². The fourth-order valence-corrected chi connectivity index (χ4v) is 6.08. The molecule has 4 rings (SSSR count). The van der Waals surface area contributed by atoms with E-state index in [0.717, 1.165) is 22.3 Å². The molecule has 4 aromatic rings. The Morgan fingerprint density at radius 2 is 1.25 bits per heavy atom. The summed E-state index contributed by atoms with van der Waals surface area (Å²) in [6.45, 7) is 0.100. The van der Waals surface area contributed by atoms with Crippen molar-refractivity contribution < 1.29 is 28.5 Å². The number of carbonyl (C=O) groups excluding carboxylic acids is 2. The van der Waals surface area contributed by atoms with Crippen molar-refractivity contribution in [1.82, 2.24) is 5.32 Å². The van der Waals surface area contributed by atoms with Gasteiger partial charge in [-0.1, -0.05) is 115 Å². The van der Waals surface area contributed by atoms with Crippen LogP contribution in [0, 0.1) is 0 Å². The molecular formula is C32H32NO6P. The first-order valence-electron chi connectivity index (χ1n) is 13.0. The van der Waals surface area contributed by atoms with Crippen LogP contribution in [0.5, 0.6) is 0 Å². The van der Waals surface area contributed by atoms with Crippen LogP contribution in [-0.2, 0) is 38.2 Å². The van der Waals surface area contributed by atoms with Crippen molar-refractivity contribution in [1.29, 1.82) is 0 Å². The minimum Gasteiger partial charge on any atom is -0.461 e. The van der Waals surface area contributed by atoms with Gasteiger partial charge in [-0.05, 0) is 34.2 Å². The quantitative estimate of drug-likeness (QED) is 0.145. The molecule has 2 N–H and O–H groups in total. The Balaban J connectivity index is 1.47. The number of hydrogen-bond donors (Lipinski definition) is 2. The molecule has 1 amide bonds. The monoisotopic (exact) mass is 557 g/mol. The smallest absolute Gasteiger partial charge is 0.408 e. The van der Waals surface area contributed by atoms with E-state index in [2.05, 4.69) is 5.32 Å². The van der Waals surface area contributed by atoms with E-state index in [0.29, 0.717) is 5.56 Å². The van der Waals surface area contributed by atoms with Crippen molar-refractivity contribution in [3.05, 3.63) is 132 Å². The highest BCUT2D eigenvalue weighted by atomic mass is 31.2. The average molecular weight is 558 g/mol. The molecule has 0 aromatic heterocycles. The van der Waals surface area contributed by atoms with Gasteiger partial charge in [0.05, 0.1) is 6.16 Å². The maximum atomic E-state index is 13.8. The number of amides is 1. The van der Waals surface area contributed by atoms with Crippen LogP contribution in [0.1, 0.15) is 29.5 Å². The highest BCUT2D eigenvalue weighted by Crippen LogP contribution is 2.51. The molecule has 206 valence electrons. The molecule has 0 bridgehead atoms. The van der Waals surface area contributed by atoms with E-state index >= 15 is 0 Å². The Morgan fingerprint density at radius 1 is 0.725 bits per heavy atom. The summed E-state index contributed by atoms with van der Waals surface area (Å²) < 4.78 is 24.5. The van der Waals surface area contributed by atoms with Crippen LogP contribution in [0.3, 0.4) is 0 Å². The molecule has 0 fully saturated rings. The second-order valence-corrected chi connectivity index (χ2v) is 11.8. The fourth-order valence-electron chi connectivity index (χ4n) is 4.25. The van der Waals surface area contributed by atoms with Gasteiger partial charge in [-0.15, -0.1) is 0 Å². The van der Waals surface area contributed by atoms with E-state index < -0.39 is 25.2 Å². The molecule has 0 saturated heterocycles. The SMILES string of the molecule is O=C(CCC(NC(=O)OCc1ccccc1)P(=O)(O)Cc1ccccc1-c1ccccc1)OCc1ccccc1. The molecule has 40 heavy (non-hydrogen) atoms. The van der Waals surface area contributed by atoms with E-state index in [9.17, 15) is 19.0 Å². The highest BCUT2D eigenvalue weighted by molar-refractivity contribution is 7.57. The molecule has 8 heteroatoms. The van der Waals surface area contributed by atoms with Crippen LogP contribution < -0.4 is 5.32 Å². The Labute approximate surface area is 234 Å². The minimum atomic E-state index is -4.07. The van der Waals surface area contributed by atoms with Crippen molar-refractivity contribution in [3.63, 3.8) is 0 Å². The molecule has 0 spiro atoms. The first-order valence-corrected chi connectivity index (χ1v) is 14.9. The van der Waals surface area contributed by atoms with E-state index in [-0.39, 0.29) is 32.2 Å². The standard InChI is InChI=1S/C32H32NO6P/c34-31(38-22-25-12-4-1-5-13-25)21-20-30(33-32(35)39-23-26-14-6-2-7-15-26)40(36,37)24-28-18-10-11-19-29(28)27-16-8-3-9-17-27/h1-19,30H,20-24H2,(H,33,35)(H,36,37). The van der Waals surface area contributed by atoms with Gasteiger partial charge in [0.2, 0.25) is 7.37 Å². The van der Waals surface area contributed by atoms with E-state index in [1.807, 2.05) is 103 Å². The van der Waals surface area contributed by atoms with Crippen LogP contribution in [0.4, 0.5) is 4.79 Å². The lowest BCUT2D eigenvalue weighted by molar-refractivity contribution is -0.145. The zero-order chi connectivity index (χ0) is 28.2. The van der Waals surface area contributed by atoms with Crippen LogP contribution >= 0.6 is 7.37 Å². The Hall–Kier alpha value is -4.19. The summed E-state index contributed by atoms with van der Waals surface area (Å²) in [7, 11) is -4.07. The third kappa shape index (κ3) is 8.67. The molecule has 2 atom stereocenters. The molecule has 2 unspecified atom stereocenters. The summed E-state index contributed by atoms with van der Waals surface area (Å²) in [5.41, 5.74) is 4.01. The van der Waals surface area contributed by atoms with E-state index in [1.54, 1.807) is 12.1 Å². The zero-order valence-electron chi connectivity index (χ0n) is 22.0. The van der Waals surface area contributed by atoms with Crippen molar-refractivity contribution in [3.8, 4) is 11.1 Å². The number of hydrogen-bond acceptors (Lipinski definition) is 5. The minimum absolute atomic E-state index is 0.00504. The van der Waals surface area contributed by atoms with Crippen molar-refractivity contribution in [2.24, 2.45) is 0 Å². The van der Waals surface area contributed by atoms with Gasteiger partial charge in [0.1, 0.15) is 19.0 Å². The number of esters is 1. The van der Waals surface area contributed by atoms with Crippen molar-refractivity contribution in [2.75, 3.05) is 0 Å². The van der Waals surface area contributed by atoms with E-state index in [4.69, 9.17) is 9.47 Å². The summed E-state index contributed by atoms with van der Waals surface area (Å²) >= 11 is 0. The summed E-state index contributed by atoms with van der Waals surface area (Å²) in [4.78, 5) is 36.5. The Bertz CT molecular complexity index is 1430. The third-order valence-electron chi connectivity index (χ3n) is 6.35. The van der Waals surface area contributed by atoms with Crippen molar-refractivity contribution in [2.45, 2.75) is 38.0 Å². The number of nitrogens with one attached hydrogen (secondary N) is 1. The zero-order valence-corrected chi connectivity index (χ0v) is 22.9. The lowest BCUT2D eigenvalue weighted by Gasteiger charge is -2.25. The molecule has 7 nitrogen and oxygen atoms in total. The van der Waals surface area contributed by atoms with Crippen LogP contribution in [0.15, 0.2) is 115 Å². The second kappa shape index (κ2) is 14.3. The highest BCUT2D eigenvalue weighted by Gasteiger charge is 2.34. The van der Waals surface area contributed by atoms with Gasteiger partial charge in [0, 0.05) is 6.42 Å². The number of carbonyl (C=O) groups is 2. The first kappa shape index (κ1) is 28.8. The maximum absolute atomic E-state index is 13.8. The fraction of sp³-hybridized carbons (Fsp3) is 0.188. The molecule has 0 aliphatic rings. The molecule has 0 aliphatic heterocycles. The molecule has 4 aromatic carbocycles. The predicted molar refractivity (Wildman–Crippen MR) is 154 cm³/mol. The topological polar surface area (TPSA) is 102 Å². The van der Waals surface area contributed by atoms with Gasteiger partial charge in [-0.25, -0.2) is 4.79 Å². The summed E-state index contributed by atoms with van der Waals surface area (Å²) in [6.07, 6.45) is -1.27. The predicted octanol–water partition coefficient (Wildman–Crippen LogP) is 6.90. The third-order valence-corrected chi connectivity index (χ3v) is 8.50. The number of alkyl carbamates (subject to hydrolysis) is 1. The molecule has 0 saturated carbocycles. The maximum Gasteiger partial charge on any atom is 0.408 e. The second-order valence-electron chi connectivity index (χ2n) is 9.34. The lowest BCUT2D eigenvalue weighted by Crippen LogP contribution is -2.36. The summed E-state index contributed by atoms with van der Waals surface area (Å²) in [5, 5.41) is 2.55. The van der Waals surface area contributed by atoms with E-state index in [1.165, 1.54) is 0 Å². The van der Waals surface area contributed by atoms with Crippen molar-refractivity contribution >= 4 is 19.4 Å². The molecule has 0 heterocycles. The number of benzene rings is 4. The Morgan fingerprint density at radius 3 is 1.88 bits per heavy atom. The lowest BCUT2D eigenvalue weighted by atomic mass is 10.0. The molecule has 0 radical (unpaired) electrons. The van der Waals surface area contributed by atoms with Crippen LogP contribution in [0.2, 0.25) is 0 Å². The van der Waals surface area contributed by atoms with Gasteiger partial charge in [-0.3, -0.25) is 9.36 Å². The summed E-state index contributed by atoms with van der Waals surface area (Å²) in [6, 6.07) is 35.3. The normalized spacial score (nSPS) is 13.0. The number of ether oxygens (including phenoxy) is 2. The summed E-state index contributed by atoms with van der Waals surface area (Å²) in [5.74, 6) is -1.75. The molecular weight excluding hydrogens is 525 g/mol. The number of rotatable bonds is 12. The van der Waals surface area contributed by atoms with Gasteiger partial charge in [0.15, 0.2) is 0 Å². The largest absolute Gasteiger partial charge is 0.461 e. The average Bonchev–Trinajstić information content (AvgIpc) is 2.98. The Kier molecular flexibility index (Phi) is 10.3. The molecule has 0 aliphatic carbocycles. The van der Waals surface area contributed by atoms with Gasteiger partial charge in [0.25, 0.3) is 0 Å².